The minimum Gasteiger partial charge on any atom is -0.383 e. The Hall–Kier alpha value is -1.98. The SMILES string of the molecule is COCCNc1nc(C)nc2scc(-c3ccccc3)c12. The highest BCUT2D eigenvalue weighted by Crippen LogP contribution is 2.36. The lowest BCUT2D eigenvalue weighted by atomic mass is 10.1. The van der Waals surface area contributed by atoms with Crippen LogP contribution in [0.1, 0.15) is 5.82 Å². The Labute approximate surface area is 127 Å². The quantitative estimate of drug-likeness (QED) is 0.729. The van der Waals surface area contributed by atoms with E-state index in [4.69, 9.17) is 4.74 Å². The second-order valence-electron chi connectivity index (χ2n) is 4.73. The van der Waals surface area contributed by atoms with Gasteiger partial charge in [0.15, 0.2) is 0 Å². The molecule has 0 atom stereocenters. The number of methoxy groups -OCH3 is 1. The Balaban J connectivity index is 2.10. The van der Waals surface area contributed by atoms with Crippen molar-refractivity contribution >= 4 is 27.4 Å². The number of anilines is 1. The average molecular weight is 299 g/mol. The van der Waals surface area contributed by atoms with E-state index in [0.29, 0.717) is 6.61 Å². The van der Waals surface area contributed by atoms with E-state index < -0.39 is 0 Å². The standard InChI is InChI=1S/C16H17N3OS/c1-11-18-15(17-8-9-20-2)14-13(10-21-16(14)19-11)12-6-4-3-5-7-12/h3-7,10H,8-9H2,1-2H3,(H,17,18,19). The fraction of sp³-hybridized carbons (Fsp3) is 0.250. The summed E-state index contributed by atoms with van der Waals surface area (Å²) >= 11 is 1.65. The molecule has 0 unspecified atom stereocenters. The maximum absolute atomic E-state index is 5.10. The number of hydrogen-bond donors (Lipinski definition) is 1. The molecule has 3 rings (SSSR count). The number of ether oxygens (including phenoxy) is 1. The Morgan fingerprint density at radius 2 is 2.00 bits per heavy atom. The van der Waals surface area contributed by atoms with Crippen molar-refractivity contribution in [1.29, 1.82) is 0 Å². The Kier molecular flexibility index (Phi) is 4.13. The monoisotopic (exact) mass is 299 g/mol. The second-order valence-corrected chi connectivity index (χ2v) is 5.59. The zero-order chi connectivity index (χ0) is 14.7. The normalized spacial score (nSPS) is 11.0. The molecule has 0 saturated heterocycles. The Morgan fingerprint density at radius 1 is 1.19 bits per heavy atom. The molecule has 0 spiro atoms. The molecule has 3 aromatic rings. The van der Waals surface area contributed by atoms with Crippen LogP contribution in [0.3, 0.4) is 0 Å². The predicted octanol–water partition coefficient (Wildman–Crippen LogP) is 3.73. The molecule has 0 radical (unpaired) electrons. The van der Waals surface area contributed by atoms with Crippen molar-refractivity contribution in [2.45, 2.75) is 6.92 Å². The van der Waals surface area contributed by atoms with E-state index in [9.17, 15) is 0 Å². The summed E-state index contributed by atoms with van der Waals surface area (Å²) in [6.07, 6.45) is 0. The number of nitrogens with one attached hydrogen (secondary N) is 1. The molecular weight excluding hydrogens is 282 g/mol. The molecule has 2 aromatic heterocycles. The third kappa shape index (κ3) is 2.89. The third-order valence-corrected chi connectivity index (χ3v) is 4.10. The molecule has 0 saturated carbocycles. The maximum atomic E-state index is 5.10. The van der Waals surface area contributed by atoms with Crippen LogP contribution in [-0.2, 0) is 4.74 Å². The summed E-state index contributed by atoms with van der Waals surface area (Å²) in [5.74, 6) is 1.67. The molecule has 0 bridgehead atoms. The molecule has 21 heavy (non-hydrogen) atoms. The Bertz CT molecular complexity index is 740. The number of aryl methyl sites for hydroxylation is 1. The molecule has 2 heterocycles. The van der Waals surface area contributed by atoms with Crippen molar-refractivity contribution in [2.24, 2.45) is 0 Å². The minimum atomic E-state index is 0.648. The molecule has 0 aliphatic carbocycles. The summed E-state index contributed by atoms with van der Waals surface area (Å²) in [5.41, 5.74) is 2.36. The van der Waals surface area contributed by atoms with E-state index >= 15 is 0 Å². The van der Waals surface area contributed by atoms with Gasteiger partial charge >= 0.3 is 0 Å². The highest BCUT2D eigenvalue weighted by atomic mass is 32.1. The van der Waals surface area contributed by atoms with E-state index in [1.807, 2.05) is 25.1 Å². The van der Waals surface area contributed by atoms with Gasteiger partial charge in [-0.3, -0.25) is 0 Å². The molecule has 0 aliphatic heterocycles. The number of rotatable bonds is 5. The minimum absolute atomic E-state index is 0.648. The van der Waals surface area contributed by atoms with Gasteiger partial charge < -0.3 is 10.1 Å². The van der Waals surface area contributed by atoms with Crippen molar-refractivity contribution in [2.75, 3.05) is 25.6 Å². The van der Waals surface area contributed by atoms with Crippen LogP contribution in [0.25, 0.3) is 21.3 Å². The highest BCUT2D eigenvalue weighted by molar-refractivity contribution is 7.17. The highest BCUT2D eigenvalue weighted by Gasteiger charge is 2.13. The fourth-order valence-corrected chi connectivity index (χ4v) is 3.27. The lowest BCUT2D eigenvalue weighted by Crippen LogP contribution is -2.10. The first-order valence-electron chi connectivity index (χ1n) is 6.83. The van der Waals surface area contributed by atoms with Gasteiger partial charge in [-0.2, -0.15) is 0 Å². The smallest absolute Gasteiger partial charge is 0.139 e. The van der Waals surface area contributed by atoms with Crippen molar-refractivity contribution in [3.8, 4) is 11.1 Å². The van der Waals surface area contributed by atoms with Gasteiger partial charge in [-0.1, -0.05) is 30.3 Å². The van der Waals surface area contributed by atoms with Gasteiger partial charge in [0.2, 0.25) is 0 Å². The summed E-state index contributed by atoms with van der Waals surface area (Å²) in [5, 5.41) is 6.60. The summed E-state index contributed by atoms with van der Waals surface area (Å²) in [4.78, 5) is 10.1. The van der Waals surface area contributed by atoms with Gasteiger partial charge in [0, 0.05) is 24.6 Å². The van der Waals surface area contributed by atoms with Crippen LogP contribution < -0.4 is 5.32 Å². The number of aromatic nitrogens is 2. The topological polar surface area (TPSA) is 47.0 Å². The molecular formula is C16H17N3OS. The van der Waals surface area contributed by atoms with Crippen molar-refractivity contribution in [3.63, 3.8) is 0 Å². The largest absolute Gasteiger partial charge is 0.383 e. The van der Waals surface area contributed by atoms with Gasteiger partial charge in [0.05, 0.1) is 12.0 Å². The van der Waals surface area contributed by atoms with E-state index in [-0.39, 0.29) is 0 Å². The molecule has 4 nitrogen and oxygen atoms in total. The predicted molar refractivity (Wildman–Crippen MR) is 88.0 cm³/mol. The van der Waals surface area contributed by atoms with Gasteiger partial charge in [-0.15, -0.1) is 11.3 Å². The van der Waals surface area contributed by atoms with E-state index in [2.05, 4.69) is 32.8 Å². The van der Waals surface area contributed by atoms with Crippen LogP contribution >= 0.6 is 11.3 Å². The zero-order valence-electron chi connectivity index (χ0n) is 12.1. The number of benzene rings is 1. The first-order chi connectivity index (χ1) is 10.3. The molecule has 0 amide bonds. The summed E-state index contributed by atoms with van der Waals surface area (Å²) in [6, 6.07) is 10.3. The molecule has 1 aromatic carbocycles. The van der Waals surface area contributed by atoms with Crippen molar-refractivity contribution in [3.05, 3.63) is 41.5 Å². The van der Waals surface area contributed by atoms with Crippen molar-refractivity contribution < 1.29 is 4.74 Å². The van der Waals surface area contributed by atoms with Crippen LogP contribution in [0.15, 0.2) is 35.7 Å². The van der Waals surface area contributed by atoms with Crippen LogP contribution in [-0.4, -0.2) is 30.2 Å². The number of nitrogens with zero attached hydrogens (tertiary/aromatic N) is 2. The van der Waals surface area contributed by atoms with E-state index in [1.165, 1.54) is 11.1 Å². The van der Waals surface area contributed by atoms with Gasteiger partial charge in [-0.25, -0.2) is 9.97 Å². The molecule has 108 valence electrons. The number of hydrogen-bond acceptors (Lipinski definition) is 5. The molecule has 5 heteroatoms. The van der Waals surface area contributed by atoms with E-state index in [1.54, 1.807) is 18.4 Å². The van der Waals surface area contributed by atoms with E-state index in [0.717, 1.165) is 28.4 Å². The summed E-state index contributed by atoms with van der Waals surface area (Å²) in [6.45, 7) is 3.30. The summed E-state index contributed by atoms with van der Waals surface area (Å²) < 4.78 is 5.10. The van der Waals surface area contributed by atoms with Crippen LogP contribution in [0.5, 0.6) is 0 Å². The van der Waals surface area contributed by atoms with Gasteiger partial charge in [0.1, 0.15) is 16.5 Å². The zero-order valence-corrected chi connectivity index (χ0v) is 12.9. The van der Waals surface area contributed by atoms with Gasteiger partial charge in [-0.05, 0) is 12.5 Å². The molecule has 0 aliphatic rings. The van der Waals surface area contributed by atoms with Crippen LogP contribution in [0.2, 0.25) is 0 Å². The molecule has 0 fully saturated rings. The lowest BCUT2D eigenvalue weighted by Gasteiger charge is -2.09. The lowest BCUT2D eigenvalue weighted by molar-refractivity contribution is 0.210. The fourth-order valence-electron chi connectivity index (χ4n) is 2.28. The van der Waals surface area contributed by atoms with Crippen molar-refractivity contribution in [1.82, 2.24) is 9.97 Å². The first kappa shape index (κ1) is 14.0. The third-order valence-electron chi connectivity index (χ3n) is 3.23. The van der Waals surface area contributed by atoms with Crippen LogP contribution in [0, 0.1) is 6.92 Å². The maximum Gasteiger partial charge on any atom is 0.139 e. The number of fused-ring (bicyclic) bond motifs is 1. The molecule has 1 N–H and O–H groups in total. The summed E-state index contributed by atoms with van der Waals surface area (Å²) in [7, 11) is 1.70. The average Bonchev–Trinajstić information content (AvgIpc) is 2.92. The first-order valence-corrected chi connectivity index (χ1v) is 7.71. The number of thiophene rings is 1. The van der Waals surface area contributed by atoms with Gasteiger partial charge in [0.25, 0.3) is 0 Å². The van der Waals surface area contributed by atoms with Crippen LogP contribution in [0.4, 0.5) is 5.82 Å². The Morgan fingerprint density at radius 3 is 2.76 bits per heavy atom. The second kappa shape index (κ2) is 6.20.